The maximum atomic E-state index is 11.2. The van der Waals surface area contributed by atoms with E-state index >= 15 is 0 Å². The molecule has 0 heterocycles. The van der Waals surface area contributed by atoms with E-state index in [1.165, 1.54) is 6.26 Å². The average molecular weight is 236 g/mol. The number of nitrogens with one attached hydrogen (secondary N) is 2. The molecule has 0 bridgehead atoms. The number of carbonyl (C=O) groups is 1. The lowest BCUT2D eigenvalue weighted by atomic mass is 10.1. The highest BCUT2D eigenvalue weighted by Crippen LogP contribution is 1.97. The van der Waals surface area contributed by atoms with Crippen LogP contribution in [0.15, 0.2) is 0 Å². The van der Waals surface area contributed by atoms with E-state index in [0.717, 1.165) is 0 Å². The molecule has 0 spiro atoms. The predicted molar refractivity (Wildman–Crippen MR) is 60.6 cm³/mol. The summed E-state index contributed by atoms with van der Waals surface area (Å²) in [5, 5.41) is 5.31. The Morgan fingerprint density at radius 3 is 2.20 bits per heavy atom. The molecule has 0 aromatic heterocycles. The molecule has 0 saturated carbocycles. The van der Waals surface area contributed by atoms with Gasteiger partial charge in [0, 0.05) is 18.3 Å². The van der Waals surface area contributed by atoms with Crippen LogP contribution in [0.1, 0.15) is 27.2 Å². The minimum absolute atomic E-state index is 0.1000. The maximum Gasteiger partial charge on any atom is 0.315 e. The third-order valence-electron chi connectivity index (χ3n) is 1.47. The molecular formula is C9H20N2O3S. The van der Waals surface area contributed by atoms with E-state index in [9.17, 15) is 13.2 Å². The highest BCUT2D eigenvalue weighted by molar-refractivity contribution is 7.90. The lowest BCUT2D eigenvalue weighted by Gasteiger charge is -2.20. The Hall–Kier alpha value is -0.780. The monoisotopic (exact) mass is 236 g/mol. The number of carbonyl (C=O) groups excluding carboxylic acids is 1. The number of amides is 2. The normalized spacial score (nSPS) is 12.3. The Kier molecular flexibility index (Phi) is 5.07. The molecule has 2 amide bonds. The van der Waals surface area contributed by atoms with Crippen LogP contribution in [0.4, 0.5) is 4.79 Å². The van der Waals surface area contributed by atoms with Crippen LogP contribution < -0.4 is 10.6 Å². The van der Waals surface area contributed by atoms with Crippen molar-refractivity contribution in [2.24, 2.45) is 0 Å². The number of hydrogen-bond donors (Lipinski definition) is 2. The zero-order chi connectivity index (χ0) is 12.1. The summed E-state index contributed by atoms with van der Waals surface area (Å²) in [7, 11) is -2.93. The van der Waals surface area contributed by atoms with E-state index in [0.29, 0.717) is 13.0 Å². The lowest BCUT2D eigenvalue weighted by Crippen LogP contribution is -2.46. The third-order valence-corrected chi connectivity index (χ3v) is 2.50. The van der Waals surface area contributed by atoms with Crippen molar-refractivity contribution in [3.63, 3.8) is 0 Å². The first-order valence-corrected chi connectivity index (χ1v) is 6.90. The summed E-state index contributed by atoms with van der Waals surface area (Å²) in [6.45, 7) is 6.00. The Balaban J connectivity index is 3.66. The third kappa shape index (κ3) is 11.1. The largest absolute Gasteiger partial charge is 0.338 e. The van der Waals surface area contributed by atoms with Gasteiger partial charge in [-0.1, -0.05) is 0 Å². The molecule has 0 atom stereocenters. The highest BCUT2D eigenvalue weighted by atomic mass is 32.2. The SMILES string of the molecule is CC(C)(C)NC(=O)NCCCS(C)(=O)=O. The fraction of sp³-hybridized carbons (Fsp3) is 0.889. The summed E-state index contributed by atoms with van der Waals surface area (Å²) in [6.07, 6.45) is 1.62. The van der Waals surface area contributed by atoms with Gasteiger partial charge in [-0.25, -0.2) is 13.2 Å². The van der Waals surface area contributed by atoms with Crippen LogP contribution in [0.2, 0.25) is 0 Å². The van der Waals surface area contributed by atoms with Crippen molar-refractivity contribution < 1.29 is 13.2 Å². The quantitative estimate of drug-likeness (QED) is 0.699. The van der Waals surface area contributed by atoms with Gasteiger partial charge in [-0.2, -0.15) is 0 Å². The van der Waals surface area contributed by atoms with Gasteiger partial charge in [0.25, 0.3) is 0 Å². The summed E-state index contributed by atoms with van der Waals surface area (Å²) >= 11 is 0. The first-order chi connectivity index (χ1) is 6.60. The highest BCUT2D eigenvalue weighted by Gasteiger charge is 2.12. The molecule has 0 saturated heterocycles. The Bertz CT molecular complexity index is 304. The van der Waals surface area contributed by atoms with Crippen LogP contribution in [0, 0.1) is 0 Å². The zero-order valence-electron chi connectivity index (χ0n) is 9.75. The van der Waals surface area contributed by atoms with Gasteiger partial charge in [0.1, 0.15) is 9.84 Å². The molecule has 0 fully saturated rings. The molecule has 15 heavy (non-hydrogen) atoms. The van der Waals surface area contributed by atoms with Crippen LogP contribution in [-0.2, 0) is 9.84 Å². The fourth-order valence-corrected chi connectivity index (χ4v) is 1.59. The van der Waals surface area contributed by atoms with Crippen LogP contribution >= 0.6 is 0 Å². The molecule has 6 heteroatoms. The van der Waals surface area contributed by atoms with Gasteiger partial charge in [0.05, 0.1) is 5.75 Å². The minimum atomic E-state index is -2.93. The molecular weight excluding hydrogens is 216 g/mol. The molecule has 2 N–H and O–H groups in total. The summed E-state index contributed by atoms with van der Waals surface area (Å²) in [6, 6.07) is -0.268. The van der Waals surface area contributed by atoms with E-state index in [1.54, 1.807) is 0 Å². The van der Waals surface area contributed by atoms with Crippen molar-refractivity contribution in [1.29, 1.82) is 0 Å². The summed E-state index contributed by atoms with van der Waals surface area (Å²) in [4.78, 5) is 11.2. The second-order valence-corrected chi connectivity index (χ2v) is 6.87. The molecule has 0 unspecified atom stereocenters. The molecule has 0 aliphatic rings. The maximum absolute atomic E-state index is 11.2. The van der Waals surface area contributed by atoms with E-state index < -0.39 is 9.84 Å². The van der Waals surface area contributed by atoms with Gasteiger partial charge in [-0.3, -0.25) is 0 Å². The van der Waals surface area contributed by atoms with Crippen molar-refractivity contribution in [2.45, 2.75) is 32.7 Å². The van der Waals surface area contributed by atoms with Crippen molar-refractivity contribution in [3.05, 3.63) is 0 Å². The molecule has 5 nitrogen and oxygen atoms in total. The first kappa shape index (κ1) is 14.2. The van der Waals surface area contributed by atoms with E-state index in [4.69, 9.17) is 0 Å². The van der Waals surface area contributed by atoms with Crippen LogP contribution in [-0.4, -0.2) is 38.5 Å². The van der Waals surface area contributed by atoms with Gasteiger partial charge < -0.3 is 10.6 Å². The first-order valence-electron chi connectivity index (χ1n) is 4.84. The Morgan fingerprint density at radius 2 is 1.80 bits per heavy atom. The minimum Gasteiger partial charge on any atom is -0.338 e. The summed E-state index contributed by atoms with van der Waals surface area (Å²) in [5.74, 6) is 0.1000. The second kappa shape index (κ2) is 5.34. The molecule has 0 aromatic carbocycles. The van der Waals surface area contributed by atoms with Crippen molar-refractivity contribution in [1.82, 2.24) is 10.6 Å². The molecule has 0 aliphatic heterocycles. The standard InChI is InChI=1S/C9H20N2O3S/c1-9(2,3)11-8(12)10-6-5-7-15(4,13)14/h5-7H2,1-4H3,(H2,10,11,12). The van der Waals surface area contributed by atoms with Crippen molar-refractivity contribution in [3.8, 4) is 0 Å². The smallest absolute Gasteiger partial charge is 0.315 e. The van der Waals surface area contributed by atoms with Gasteiger partial charge >= 0.3 is 6.03 Å². The molecule has 0 aromatic rings. The van der Waals surface area contributed by atoms with Crippen molar-refractivity contribution >= 4 is 15.9 Å². The van der Waals surface area contributed by atoms with Gasteiger partial charge in [-0.05, 0) is 27.2 Å². The topological polar surface area (TPSA) is 75.3 Å². The van der Waals surface area contributed by atoms with Gasteiger partial charge in [0.15, 0.2) is 0 Å². The number of hydrogen-bond acceptors (Lipinski definition) is 3. The van der Waals surface area contributed by atoms with E-state index in [1.807, 2.05) is 20.8 Å². The molecule has 0 aliphatic carbocycles. The molecule has 90 valence electrons. The van der Waals surface area contributed by atoms with Crippen LogP contribution in [0.5, 0.6) is 0 Å². The average Bonchev–Trinajstić information content (AvgIpc) is 1.92. The number of sulfone groups is 1. The molecule has 0 rings (SSSR count). The predicted octanol–water partition coefficient (Wildman–Crippen LogP) is 0.519. The second-order valence-electron chi connectivity index (χ2n) is 4.61. The number of urea groups is 1. The van der Waals surface area contributed by atoms with Crippen molar-refractivity contribution in [2.75, 3.05) is 18.6 Å². The zero-order valence-corrected chi connectivity index (χ0v) is 10.6. The molecule has 0 radical (unpaired) electrons. The fourth-order valence-electron chi connectivity index (χ4n) is 0.921. The summed E-state index contributed by atoms with van der Waals surface area (Å²) < 4.78 is 21.6. The van der Waals surface area contributed by atoms with Gasteiger partial charge in [0.2, 0.25) is 0 Å². The lowest BCUT2D eigenvalue weighted by molar-refractivity contribution is 0.232. The number of rotatable bonds is 4. The van der Waals surface area contributed by atoms with E-state index in [2.05, 4.69) is 10.6 Å². The van der Waals surface area contributed by atoms with Gasteiger partial charge in [-0.15, -0.1) is 0 Å². The Morgan fingerprint density at radius 1 is 1.27 bits per heavy atom. The van der Waals surface area contributed by atoms with E-state index in [-0.39, 0.29) is 17.3 Å². The Labute approximate surface area is 91.5 Å². The van der Waals surface area contributed by atoms with Crippen LogP contribution in [0.3, 0.4) is 0 Å². The summed E-state index contributed by atoms with van der Waals surface area (Å²) in [5.41, 5.74) is -0.277. The van der Waals surface area contributed by atoms with Crippen LogP contribution in [0.25, 0.3) is 0 Å².